The van der Waals surface area contributed by atoms with Crippen LogP contribution >= 0.6 is 23.2 Å². The molecule has 2 aromatic carbocycles. The van der Waals surface area contributed by atoms with Gasteiger partial charge in [-0.05, 0) is 37.6 Å². The second kappa shape index (κ2) is 12.4. The van der Waals surface area contributed by atoms with Gasteiger partial charge in [-0.1, -0.05) is 54.7 Å². The van der Waals surface area contributed by atoms with Gasteiger partial charge in [0.2, 0.25) is 21.8 Å². The Kier molecular flexibility index (Phi) is 10.1. The largest absolute Gasteiger partial charge is 0.354 e. The molecule has 11 heteroatoms. The maximum atomic E-state index is 14.4. The summed E-state index contributed by atoms with van der Waals surface area (Å²) >= 11 is 12.0. The van der Waals surface area contributed by atoms with E-state index in [9.17, 15) is 22.4 Å². The second-order valence-electron chi connectivity index (χ2n) is 7.80. The van der Waals surface area contributed by atoms with Gasteiger partial charge < -0.3 is 10.2 Å². The predicted octanol–water partition coefficient (Wildman–Crippen LogP) is 4.23. The zero-order valence-corrected chi connectivity index (χ0v) is 21.6. The maximum absolute atomic E-state index is 14.4. The fourth-order valence-electron chi connectivity index (χ4n) is 3.18. The summed E-state index contributed by atoms with van der Waals surface area (Å²) in [5.41, 5.74) is 0.334. The number of carbonyl (C=O) groups excluding carboxylic acids is 2. The molecule has 0 saturated carbocycles. The molecule has 34 heavy (non-hydrogen) atoms. The summed E-state index contributed by atoms with van der Waals surface area (Å²) in [7, 11) is -3.91. The first-order chi connectivity index (χ1) is 16.0. The minimum absolute atomic E-state index is 0.118. The van der Waals surface area contributed by atoms with Crippen molar-refractivity contribution in [2.75, 3.05) is 23.7 Å². The number of carbonyl (C=O) groups is 2. The van der Waals surface area contributed by atoms with Gasteiger partial charge in [-0.2, -0.15) is 0 Å². The van der Waals surface area contributed by atoms with Crippen LogP contribution in [-0.2, 0) is 26.2 Å². The molecule has 0 aliphatic heterocycles. The lowest BCUT2D eigenvalue weighted by Gasteiger charge is -2.31. The van der Waals surface area contributed by atoms with Crippen LogP contribution in [-0.4, -0.2) is 50.5 Å². The molecule has 0 radical (unpaired) electrons. The molecule has 0 aliphatic carbocycles. The monoisotopic (exact) mass is 531 g/mol. The average molecular weight is 532 g/mol. The van der Waals surface area contributed by atoms with Gasteiger partial charge in [-0.15, -0.1) is 0 Å². The predicted molar refractivity (Wildman–Crippen MR) is 133 cm³/mol. The second-order valence-corrected chi connectivity index (χ2v) is 10.5. The van der Waals surface area contributed by atoms with E-state index in [4.69, 9.17) is 23.2 Å². The summed E-state index contributed by atoms with van der Waals surface area (Å²) in [6, 6.07) is 9.09. The highest BCUT2D eigenvalue weighted by atomic mass is 35.5. The Bertz CT molecular complexity index is 1130. The summed E-state index contributed by atoms with van der Waals surface area (Å²) < 4.78 is 40.3. The lowest BCUT2D eigenvalue weighted by molar-refractivity contribution is -0.139. The highest BCUT2D eigenvalue weighted by Gasteiger charge is 2.30. The Hall–Kier alpha value is -2.36. The molecule has 0 fully saturated rings. The average Bonchev–Trinajstić information content (AvgIpc) is 2.77. The highest BCUT2D eigenvalue weighted by Crippen LogP contribution is 2.28. The Morgan fingerprint density at radius 1 is 1.12 bits per heavy atom. The smallest absolute Gasteiger partial charge is 0.244 e. The van der Waals surface area contributed by atoms with Crippen molar-refractivity contribution in [1.29, 1.82) is 0 Å². The molecule has 0 aliphatic rings. The molecule has 2 aromatic rings. The lowest BCUT2D eigenvalue weighted by Crippen LogP contribution is -2.51. The third kappa shape index (κ3) is 7.58. The normalized spacial score (nSPS) is 12.2. The van der Waals surface area contributed by atoms with Gasteiger partial charge in [0.05, 0.1) is 22.0 Å². The molecule has 0 bridgehead atoms. The van der Waals surface area contributed by atoms with Crippen LogP contribution < -0.4 is 9.62 Å². The molecule has 0 unspecified atom stereocenters. The minimum atomic E-state index is -3.91. The molecular weight excluding hydrogens is 504 g/mol. The standard InChI is InChI=1S/C23H28Cl2FN3O4S/c1-4-5-12-27-23(31)16(2)28(14-17-8-6-7-9-21(17)26)22(30)15-29(34(3,32)33)18-10-11-19(24)20(25)13-18/h6-11,13,16H,4-5,12,14-15H2,1-3H3,(H,27,31)/t16-/m0/s1. The number of amides is 2. The molecule has 1 N–H and O–H groups in total. The van der Waals surface area contributed by atoms with Crippen LogP contribution in [0.1, 0.15) is 32.3 Å². The number of hydrogen-bond acceptors (Lipinski definition) is 4. The van der Waals surface area contributed by atoms with Crippen molar-refractivity contribution < 1.29 is 22.4 Å². The number of rotatable bonds is 11. The van der Waals surface area contributed by atoms with E-state index in [2.05, 4.69) is 5.32 Å². The van der Waals surface area contributed by atoms with E-state index >= 15 is 0 Å². The van der Waals surface area contributed by atoms with Gasteiger partial charge in [-0.3, -0.25) is 13.9 Å². The van der Waals surface area contributed by atoms with E-state index in [1.807, 2.05) is 6.92 Å². The van der Waals surface area contributed by atoms with Gasteiger partial charge in [0.1, 0.15) is 18.4 Å². The molecule has 0 saturated heterocycles. The van der Waals surface area contributed by atoms with E-state index in [1.165, 1.54) is 43.3 Å². The molecule has 186 valence electrons. The van der Waals surface area contributed by atoms with E-state index < -0.39 is 40.2 Å². The number of halogens is 3. The van der Waals surface area contributed by atoms with Crippen LogP contribution in [0.3, 0.4) is 0 Å². The van der Waals surface area contributed by atoms with Gasteiger partial charge in [0.15, 0.2) is 0 Å². The third-order valence-electron chi connectivity index (χ3n) is 5.17. The number of unbranched alkanes of at least 4 members (excludes halogenated alkanes) is 1. The van der Waals surface area contributed by atoms with Crippen molar-refractivity contribution in [1.82, 2.24) is 10.2 Å². The van der Waals surface area contributed by atoms with E-state index in [-0.39, 0.29) is 27.8 Å². The molecule has 0 aromatic heterocycles. The van der Waals surface area contributed by atoms with Gasteiger partial charge in [0, 0.05) is 18.7 Å². The first-order valence-corrected chi connectivity index (χ1v) is 13.3. The summed E-state index contributed by atoms with van der Waals surface area (Å²) in [6.45, 7) is 3.10. The van der Waals surface area contributed by atoms with Gasteiger partial charge in [-0.25, -0.2) is 12.8 Å². The Morgan fingerprint density at radius 2 is 1.79 bits per heavy atom. The first kappa shape index (κ1) is 27.9. The number of hydrogen-bond donors (Lipinski definition) is 1. The van der Waals surface area contributed by atoms with Crippen LogP contribution in [0.5, 0.6) is 0 Å². The van der Waals surface area contributed by atoms with Crippen LogP contribution in [0.15, 0.2) is 42.5 Å². The van der Waals surface area contributed by atoms with Crippen LogP contribution in [0.4, 0.5) is 10.1 Å². The van der Waals surface area contributed by atoms with Crippen molar-refractivity contribution in [3.05, 3.63) is 63.9 Å². The van der Waals surface area contributed by atoms with Crippen LogP contribution in [0, 0.1) is 5.82 Å². The fraction of sp³-hybridized carbons (Fsp3) is 0.391. The number of nitrogens with one attached hydrogen (secondary N) is 1. The van der Waals surface area contributed by atoms with Gasteiger partial charge in [0.25, 0.3) is 0 Å². The highest BCUT2D eigenvalue weighted by molar-refractivity contribution is 7.92. The van der Waals surface area contributed by atoms with Gasteiger partial charge >= 0.3 is 0 Å². The van der Waals surface area contributed by atoms with Crippen molar-refractivity contribution in [3.63, 3.8) is 0 Å². The molecule has 0 spiro atoms. The van der Waals surface area contributed by atoms with Crippen molar-refractivity contribution in [2.45, 2.75) is 39.3 Å². The Balaban J connectivity index is 2.38. The Labute approximate surface area is 209 Å². The SMILES string of the molecule is CCCCNC(=O)[C@H](C)N(Cc1ccccc1F)C(=O)CN(c1ccc(Cl)c(Cl)c1)S(C)(=O)=O. The lowest BCUT2D eigenvalue weighted by atomic mass is 10.1. The zero-order chi connectivity index (χ0) is 25.5. The fourth-order valence-corrected chi connectivity index (χ4v) is 4.32. The zero-order valence-electron chi connectivity index (χ0n) is 19.2. The summed E-state index contributed by atoms with van der Waals surface area (Å²) in [4.78, 5) is 27.2. The summed E-state index contributed by atoms with van der Waals surface area (Å²) in [5, 5.41) is 3.10. The number of sulfonamides is 1. The maximum Gasteiger partial charge on any atom is 0.244 e. The van der Waals surface area contributed by atoms with Crippen molar-refractivity contribution >= 4 is 50.7 Å². The summed E-state index contributed by atoms with van der Waals surface area (Å²) in [5.74, 6) is -1.64. The van der Waals surface area contributed by atoms with E-state index in [0.29, 0.717) is 6.54 Å². The molecule has 0 heterocycles. The molecule has 2 rings (SSSR count). The molecule has 2 amide bonds. The minimum Gasteiger partial charge on any atom is -0.354 e. The van der Waals surface area contributed by atoms with Crippen molar-refractivity contribution in [3.8, 4) is 0 Å². The number of benzene rings is 2. The topological polar surface area (TPSA) is 86.8 Å². The summed E-state index contributed by atoms with van der Waals surface area (Å²) in [6.07, 6.45) is 2.59. The van der Waals surface area contributed by atoms with E-state index in [0.717, 1.165) is 28.3 Å². The Morgan fingerprint density at radius 3 is 2.38 bits per heavy atom. The van der Waals surface area contributed by atoms with Crippen LogP contribution in [0.2, 0.25) is 10.0 Å². The molecule has 7 nitrogen and oxygen atoms in total. The van der Waals surface area contributed by atoms with Crippen LogP contribution in [0.25, 0.3) is 0 Å². The third-order valence-corrected chi connectivity index (χ3v) is 7.05. The molecular formula is C23H28Cl2FN3O4S. The quantitative estimate of drug-likeness (QED) is 0.439. The number of anilines is 1. The molecule has 1 atom stereocenters. The number of nitrogens with zero attached hydrogens (tertiary/aromatic N) is 2. The van der Waals surface area contributed by atoms with Crippen molar-refractivity contribution in [2.24, 2.45) is 0 Å². The first-order valence-electron chi connectivity index (χ1n) is 10.7. The van der Waals surface area contributed by atoms with E-state index in [1.54, 1.807) is 6.07 Å².